The summed E-state index contributed by atoms with van der Waals surface area (Å²) in [5.41, 5.74) is -3.01. The molecule has 0 radical (unpaired) electrons. The number of rotatable bonds is 2. The van der Waals surface area contributed by atoms with Gasteiger partial charge in [-0.15, -0.1) is 0 Å². The molecule has 0 bridgehead atoms. The van der Waals surface area contributed by atoms with Gasteiger partial charge in [-0.05, 0) is 20.8 Å². The van der Waals surface area contributed by atoms with Gasteiger partial charge in [-0.2, -0.15) is 0 Å². The van der Waals surface area contributed by atoms with Gasteiger partial charge < -0.3 is 10.2 Å². The monoisotopic (exact) mass is 136 g/mol. The third-order valence-electron chi connectivity index (χ3n) is 1.58. The normalized spacial score (nSPS) is 19.3. The Morgan fingerprint density at radius 3 is 1.56 bits per heavy atom. The van der Waals surface area contributed by atoms with Crippen LogP contribution in [0, 0.1) is 0 Å². The first kappa shape index (κ1) is 8.85. The van der Waals surface area contributed by atoms with Gasteiger partial charge in [-0.3, -0.25) is 0 Å². The lowest BCUT2D eigenvalue weighted by atomic mass is 9.89. The molecule has 0 saturated carbocycles. The maximum atomic E-state index is 11.9. The number of aliphatic hydroxyl groups is 2. The third-order valence-corrected chi connectivity index (χ3v) is 1.58. The molecule has 0 amide bonds. The van der Waals surface area contributed by atoms with Crippen molar-refractivity contribution in [2.24, 2.45) is 0 Å². The van der Waals surface area contributed by atoms with Gasteiger partial charge in [0.2, 0.25) is 0 Å². The van der Waals surface area contributed by atoms with Crippen molar-refractivity contribution < 1.29 is 14.6 Å². The first-order valence-electron chi connectivity index (χ1n) is 2.82. The Kier molecular flexibility index (Phi) is 2.19. The summed E-state index contributed by atoms with van der Waals surface area (Å²) in [5, 5.41) is 18.1. The first-order valence-corrected chi connectivity index (χ1v) is 2.82. The Hall–Kier alpha value is -0.150. The van der Waals surface area contributed by atoms with Gasteiger partial charge in [-0.1, -0.05) is 0 Å². The number of hydrogen-bond acceptors (Lipinski definition) is 2. The van der Waals surface area contributed by atoms with E-state index in [1.165, 1.54) is 20.8 Å². The smallest absolute Gasteiger partial charge is 0.121 e. The van der Waals surface area contributed by atoms with Gasteiger partial charge in [0.05, 0.1) is 5.60 Å². The van der Waals surface area contributed by atoms with Crippen LogP contribution in [0.5, 0.6) is 0 Å². The highest BCUT2D eigenvalue weighted by molar-refractivity contribution is 4.88. The minimum absolute atomic E-state index is 0.934. The van der Waals surface area contributed by atoms with Crippen LogP contribution in [0.25, 0.3) is 0 Å². The third kappa shape index (κ3) is 1.91. The molecule has 0 rings (SSSR count). The van der Waals surface area contributed by atoms with Crippen molar-refractivity contribution in [3.8, 4) is 0 Å². The fourth-order valence-corrected chi connectivity index (χ4v) is 0.164. The van der Waals surface area contributed by atoms with E-state index in [0.29, 0.717) is 0 Å². The molecule has 0 aromatic carbocycles. The largest absolute Gasteiger partial charge is 0.387 e. The van der Waals surface area contributed by atoms with Crippen molar-refractivity contribution in [2.75, 3.05) is 6.67 Å². The Labute approximate surface area is 54.3 Å². The molecular formula is C6H13FO2. The van der Waals surface area contributed by atoms with Gasteiger partial charge in [0, 0.05) is 0 Å². The molecule has 0 heterocycles. The van der Waals surface area contributed by atoms with Gasteiger partial charge in [0.15, 0.2) is 0 Å². The highest BCUT2D eigenvalue weighted by Crippen LogP contribution is 2.20. The van der Waals surface area contributed by atoms with Crippen molar-refractivity contribution in [2.45, 2.75) is 32.0 Å². The van der Waals surface area contributed by atoms with Gasteiger partial charge in [0.1, 0.15) is 12.3 Å². The van der Waals surface area contributed by atoms with E-state index in [0.717, 1.165) is 0 Å². The molecular weight excluding hydrogens is 123 g/mol. The number of alkyl halides is 1. The van der Waals surface area contributed by atoms with E-state index < -0.39 is 17.9 Å². The molecule has 0 saturated heterocycles. The fraction of sp³-hybridized carbons (Fsp3) is 1.00. The lowest BCUT2D eigenvalue weighted by molar-refractivity contribution is -0.129. The van der Waals surface area contributed by atoms with Crippen molar-refractivity contribution in [3.63, 3.8) is 0 Å². The van der Waals surface area contributed by atoms with Crippen LogP contribution in [0.2, 0.25) is 0 Å². The van der Waals surface area contributed by atoms with Crippen LogP contribution in [-0.4, -0.2) is 28.1 Å². The van der Waals surface area contributed by atoms with E-state index >= 15 is 0 Å². The Balaban J connectivity index is 4.14. The van der Waals surface area contributed by atoms with Crippen LogP contribution in [0.4, 0.5) is 4.39 Å². The number of hydrogen-bond donors (Lipinski definition) is 2. The van der Waals surface area contributed by atoms with Crippen molar-refractivity contribution in [1.82, 2.24) is 0 Å². The zero-order valence-electron chi connectivity index (χ0n) is 5.98. The van der Waals surface area contributed by atoms with Gasteiger partial charge in [0.25, 0.3) is 0 Å². The van der Waals surface area contributed by atoms with Crippen LogP contribution in [0.1, 0.15) is 20.8 Å². The summed E-state index contributed by atoms with van der Waals surface area (Å²) in [7, 11) is 0. The molecule has 0 aromatic rings. The standard InChI is InChI=1S/C6H13FO2/c1-5(2,8)6(3,9)4-7/h8-9H,4H2,1-3H3. The van der Waals surface area contributed by atoms with E-state index in [9.17, 15) is 4.39 Å². The Morgan fingerprint density at radius 1 is 1.22 bits per heavy atom. The minimum atomic E-state index is -1.63. The van der Waals surface area contributed by atoms with E-state index in [4.69, 9.17) is 10.2 Å². The Morgan fingerprint density at radius 2 is 1.56 bits per heavy atom. The van der Waals surface area contributed by atoms with Crippen molar-refractivity contribution in [3.05, 3.63) is 0 Å². The second-order valence-electron chi connectivity index (χ2n) is 2.97. The predicted molar refractivity (Wildman–Crippen MR) is 32.9 cm³/mol. The summed E-state index contributed by atoms with van der Waals surface area (Å²) in [6.07, 6.45) is 0. The van der Waals surface area contributed by atoms with Crippen LogP contribution >= 0.6 is 0 Å². The molecule has 0 fully saturated rings. The van der Waals surface area contributed by atoms with Crippen LogP contribution in [-0.2, 0) is 0 Å². The molecule has 2 nitrogen and oxygen atoms in total. The van der Waals surface area contributed by atoms with Crippen LogP contribution in [0.3, 0.4) is 0 Å². The van der Waals surface area contributed by atoms with Gasteiger partial charge >= 0.3 is 0 Å². The molecule has 0 aliphatic rings. The highest BCUT2D eigenvalue weighted by Gasteiger charge is 2.37. The molecule has 0 spiro atoms. The topological polar surface area (TPSA) is 40.5 Å². The van der Waals surface area contributed by atoms with Crippen molar-refractivity contribution >= 4 is 0 Å². The van der Waals surface area contributed by atoms with Gasteiger partial charge in [-0.25, -0.2) is 4.39 Å². The molecule has 1 unspecified atom stereocenters. The average molecular weight is 136 g/mol. The summed E-state index contributed by atoms with van der Waals surface area (Å²) in [4.78, 5) is 0. The molecule has 56 valence electrons. The maximum Gasteiger partial charge on any atom is 0.121 e. The summed E-state index contributed by atoms with van der Waals surface area (Å²) in [5.74, 6) is 0. The molecule has 0 aliphatic heterocycles. The SMILES string of the molecule is CC(C)(O)C(C)(O)CF. The van der Waals surface area contributed by atoms with Crippen molar-refractivity contribution in [1.29, 1.82) is 0 Å². The van der Waals surface area contributed by atoms with E-state index in [2.05, 4.69) is 0 Å². The molecule has 3 heteroatoms. The zero-order chi connectivity index (χ0) is 7.71. The molecule has 2 N–H and O–H groups in total. The van der Waals surface area contributed by atoms with Crippen LogP contribution < -0.4 is 0 Å². The zero-order valence-corrected chi connectivity index (χ0v) is 5.98. The Bertz CT molecular complexity index is 93.7. The van der Waals surface area contributed by atoms with E-state index in [-0.39, 0.29) is 0 Å². The quantitative estimate of drug-likeness (QED) is 0.579. The predicted octanol–water partition coefficient (Wildman–Crippen LogP) is 0.478. The summed E-state index contributed by atoms with van der Waals surface area (Å²) >= 11 is 0. The highest BCUT2D eigenvalue weighted by atomic mass is 19.1. The van der Waals surface area contributed by atoms with E-state index in [1.807, 2.05) is 0 Å². The lowest BCUT2D eigenvalue weighted by Gasteiger charge is -2.32. The maximum absolute atomic E-state index is 11.9. The summed E-state index contributed by atoms with van der Waals surface area (Å²) in [6, 6.07) is 0. The molecule has 0 aromatic heterocycles. The second-order valence-corrected chi connectivity index (χ2v) is 2.97. The minimum Gasteiger partial charge on any atom is -0.387 e. The second kappa shape index (κ2) is 2.23. The van der Waals surface area contributed by atoms with Crippen LogP contribution in [0.15, 0.2) is 0 Å². The first-order chi connectivity index (χ1) is 3.81. The lowest BCUT2D eigenvalue weighted by Crippen LogP contribution is -2.49. The summed E-state index contributed by atoms with van der Waals surface area (Å²) < 4.78 is 11.9. The molecule has 0 aliphatic carbocycles. The summed E-state index contributed by atoms with van der Waals surface area (Å²) in [6.45, 7) is 3.06. The molecule has 1 atom stereocenters. The number of halogens is 1. The molecule has 9 heavy (non-hydrogen) atoms. The van der Waals surface area contributed by atoms with E-state index in [1.54, 1.807) is 0 Å². The average Bonchev–Trinajstić information content (AvgIpc) is 1.64. The fourth-order valence-electron chi connectivity index (χ4n) is 0.164.